The molecule has 1 amide bonds. The minimum atomic E-state index is -0.287. The van der Waals surface area contributed by atoms with Crippen molar-refractivity contribution in [1.82, 2.24) is 10.2 Å². The molecule has 15 heavy (non-hydrogen) atoms. The number of carbonyl (C=O) groups is 1. The zero-order valence-corrected chi connectivity index (χ0v) is 9.28. The maximum atomic E-state index is 12.0. The SMILES string of the molecule is CC(O)C1CCN(C(=O)C2CCNC2)C1. The summed E-state index contributed by atoms with van der Waals surface area (Å²) in [5.41, 5.74) is 0. The van der Waals surface area contributed by atoms with Gasteiger partial charge in [-0.1, -0.05) is 0 Å². The van der Waals surface area contributed by atoms with Gasteiger partial charge in [-0.3, -0.25) is 4.79 Å². The standard InChI is InChI=1S/C11H20N2O2/c1-8(14)10-3-5-13(7-10)11(15)9-2-4-12-6-9/h8-10,12,14H,2-7H2,1H3. The number of rotatable bonds is 2. The number of nitrogens with zero attached hydrogens (tertiary/aromatic N) is 1. The smallest absolute Gasteiger partial charge is 0.227 e. The van der Waals surface area contributed by atoms with E-state index in [0.717, 1.165) is 39.0 Å². The van der Waals surface area contributed by atoms with E-state index in [-0.39, 0.29) is 23.8 Å². The van der Waals surface area contributed by atoms with Gasteiger partial charge in [0.2, 0.25) is 5.91 Å². The lowest BCUT2D eigenvalue weighted by Gasteiger charge is -2.20. The van der Waals surface area contributed by atoms with E-state index in [9.17, 15) is 9.90 Å². The summed E-state index contributed by atoms with van der Waals surface area (Å²) in [6, 6.07) is 0. The minimum absolute atomic E-state index is 0.178. The Morgan fingerprint density at radius 1 is 1.53 bits per heavy atom. The summed E-state index contributed by atoms with van der Waals surface area (Å²) in [6.45, 7) is 5.17. The van der Waals surface area contributed by atoms with Crippen molar-refractivity contribution in [3.63, 3.8) is 0 Å². The number of nitrogens with one attached hydrogen (secondary N) is 1. The molecule has 0 aromatic heterocycles. The molecule has 0 radical (unpaired) electrons. The van der Waals surface area contributed by atoms with Crippen molar-refractivity contribution in [3.8, 4) is 0 Å². The van der Waals surface area contributed by atoms with Crippen LogP contribution in [-0.2, 0) is 4.79 Å². The van der Waals surface area contributed by atoms with E-state index in [0.29, 0.717) is 0 Å². The zero-order valence-electron chi connectivity index (χ0n) is 9.28. The molecule has 2 N–H and O–H groups in total. The van der Waals surface area contributed by atoms with Crippen LogP contribution in [0.2, 0.25) is 0 Å². The number of amides is 1. The highest BCUT2D eigenvalue weighted by Crippen LogP contribution is 2.22. The number of carbonyl (C=O) groups excluding carboxylic acids is 1. The van der Waals surface area contributed by atoms with Gasteiger partial charge in [0.1, 0.15) is 0 Å². The zero-order chi connectivity index (χ0) is 10.8. The van der Waals surface area contributed by atoms with Crippen molar-refractivity contribution >= 4 is 5.91 Å². The first-order valence-electron chi connectivity index (χ1n) is 5.86. The third-order valence-corrected chi connectivity index (χ3v) is 3.63. The van der Waals surface area contributed by atoms with Gasteiger partial charge in [-0.25, -0.2) is 0 Å². The first-order chi connectivity index (χ1) is 7.18. The Bertz CT molecular complexity index is 237. The molecule has 0 spiro atoms. The molecule has 2 rings (SSSR count). The third kappa shape index (κ3) is 2.32. The topological polar surface area (TPSA) is 52.6 Å². The first kappa shape index (κ1) is 10.9. The highest BCUT2D eigenvalue weighted by atomic mass is 16.3. The highest BCUT2D eigenvalue weighted by molar-refractivity contribution is 5.79. The maximum absolute atomic E-state index is 12.0. The van der Waals surface area contributed by atoms with Gasteiger partial charge in [0.25, 0.3) is 0 Å². The van der Waals surface area contributed by atoms with Crippen LogP contribution in [0.15, 0.2) is 0 Å². The number of hydrogen-bond donors (Lipinski definition) is 2. The van der Waals surface area contributed by atoms with Crippen LogP contribution in [0.5, 0.6) is 0 Å². The predicted octanol–water partition coefficient (Wildman–Crippen LogP) is -0.175. The van der Waals surface area contributed by atoms with Crippen LogP contribution >= 0.6 is 0 Å². The van der Waals surface area contributed by atoms with Crippen LogP contribution in [0.1, 0.15) is 19.8 Å². The van der Waals surface area contributed by atoms with E-state index in [4.69, 9.17) is 0 Å². The van der Waals surface area contributed by atoms with Crippen molar-refractivity contribution in [2.24, 2.45) is 11.8 Å². The van der Waals surface area contributed by atoms with Gasteiger partial charge in [0, 0.05) is 25.6 Å². The van der Waals surface area contributed by atoms with Gasteiger partial charge < -0.3 is 15.3 Å². The van der Waals surface area contributed by atoms with Crippen LogP contribution < -0.4 is 5.32 Å². The summed E-state index contributed by atoms with van der Waals surface area (Å²) < 4.78 is 0. The normalized spacial score (nSPS) is 33.3. The van der Waals surface area contributed by atoms with Crippen molar-refractivity contribution < 1.29 is 9.90 Å². The third-order valence-electron chi connectivity index (χ3n) is 3.63. The van der Waals surface area contributed by atoms with Gasteiger partial charge in [-0.2, -0.15) is 0 Å². The molecular formula is C11H20N2O2. The number of aliphatic hydroxyl groups is 1. The fourth-order valence-corrected chi connectivity index (χ4v) is 2.50. The summed E-state index contributed by atoms with van der Waals surface area (Å²) in [5, 5.41) is 12.7. The fraction of sp³-hybridized carbons (Fsp3) is 0.909. The van der Waals surface area contributed by atoms with Crippen LogP contribution in [0, 0.1) is 11.8 Å². The van der Waals surface area contributed by atoms with E-state index in [1.807, 2.05) is 11.8 Å². The van der Waals surface area contributed by atoms with Crippen molar-refractivity contribution in [1.29, 1.82) is 0 Å². The molecule has 2 heterocycles. The van der Waals surface area contributed by atoms with Crippen molar-refractivity contribution in [2.75, 3.05) is 26.2 Å². The highest BCUT2D eigenvalue weighted by Gasteiger charge is 2.33. The molecule has 0 aromatic rings. The minimum Gasteiger partial charge on any atom is -0.393 e. The molecule has 4 heteroatoms. The Balaban J connectivity index is 1.87. The van der Waals surface area contributed by atoms with Gasteiger partial charge in [-0.05, 0) is 26.3 Å². The predicted molar refractivity (Wildman–Crippen MR) is 57.3 cm³/mol. The second-order valence-electron chi connectivity index (χ2n) is 4.76. The quantitative estimate of drug-likeness (QED) is 0.668. The van der Waals surface area contributed by atoms with E-state index < -0.39 is 0 Å². The molecule has 4 nitrogen and oxygen atoms in total. The van der Waals surface area contributed by atoms with Gasteiger partial charge in [0.05, 0.1) is 12.0 Å². The summed E-state index contributed by atoms with van der Waals surface area (Å²) in [7, 11) is 0. The summed E-state index contributed by atoms with van der Waals surface area (Å²) in [6.07, 6.45) is 1.63. The van der Waals surface area contributed by atoms with Crippen LogP contribution in [-0.4, -0.2) is 48.2 Å². The lowest BCUT2D eigenvalue weighted by molar-refractivity contribution is -0.134. The Labute approximate surface area is 90.6 Å². The van der Waals surface area contributed by atoms with Gasteiger partial charge >= 0.3 is 0 Å². The molecular weight excluding hydrogens is 192 g/mol. The lowest BCUT2D eigenvalue weighted by Crippen LogP contribution is -2.36. The maximum Gasteiger partial charge on any atom is 0.227 e. The Hall–Kier alpha value is -0.610. The molecule has 0 saturated carbocycles. The second-order valence-corrected chi connectivity index (χ2v) is 4.76. The monoisotopic (exact) mass is 212 g/mol. The molecule has 3 unspecified atom stereocenters. The first-order valence-corrected chi connectivity index (χ1v) is 5.86. The lowest BCUT2D eigenvalue weighted by atomic mass is 10.0. The molecule has 2 fully saturated rings. The van der Waals surface area contributed by atoms with E-state index in [1.165, 1.54) is 0 Å². The van der Waals surface area contributed by atoms with Gasteiger partial charge in [-0.15, -0.1) is 0 Å². The van der Waals surface area contributed by atoms with Crippen LogP contribution in [0.25, 0.3) is 0 Å². The summed E-state index contributed by atoms with van der Waals surface area (Å²) in [4.78, 5) is 13.9. The Kier molecular flexibility index (Phi) is 3.26. The number of hydrogen-bond acceptors (Lipinski definition) is 3. The molecule has 2 saturated heterocycles. The Morgan fingerprint density at radius 2 is 2.33 bits per heavy atom. The average Bonchev–Trinajstić information content (AvgIpc) is 2.88. The van der Waals surface area contributed by atoms with E-state index in [1.54, 1.807) is 0 Å². The molecule has 0 aromatic carbocycles. The molecule has 2 aliphatic rings. The summed E-state index contributed by atoms with van der Waals surface area (Å²) >= 11 is 0. The second kappa shape index (κ2) is 4.49. The Morgan fingerprint density at radius 3 is 2.87 bits per heavy atom. The summed E-state index contributed by atoms with van der Waals surface area (Å²) in [5.74, 6) is 0.740. The largest absolute Gasteiger partial charge is 0.393 e. The average molecular weight is 212 g/mol. The van der Waals surface area contributed by atoms with E-state index in [2.05, 4.69) is 5.32 Å². The van der Waals surface area contributed by atoms with Crippen LogP contribution in [0.3, 0.4) is 0 Å². The molecule has 2 aliphatic heterocycles. The van der Waals surface area contributed by atoms with Crippen LogP contribution in [0.4, 0.5) is 0 Å². The molecule has 3 atom stereocenters. The fourth-order valence-electron chi connectivity index (χ4n) is 2.50. The molecule has 86 valence electrons. The molecule has 0 aliphatic carbocycles. The molecule has 0 bridgehead atoms. The number of likely N-dealkylation sites (tertiary alicyclic amines) is 1. The number of aliphatic hydroxyl groups excluding tert-OH is 1. The van der Waals surface area contributed by atoms with Crippen molar-refractivity contribution in [3.05, 3.63) is 0 Å². The van der Waals surface area contributed by atoms with Crippen molar-refractivity contribution in [2.45, 2.75) is 25.9 Å². The van der Waals surface area contributed by atoms with E-state index >= 15 is 0 Å². The van der Waals surface area contributed by atoms with Gasteiger partial charge in [0.15, 0.2) is 0 Å².